The Labute approximate surface area is 187 Å². The number of amidine groups is 2. The standard InChI is InChI=1S/C25H33N3O2S/c1-6-7-11-20-14-16-21(17-15-20)23-24(26-18(2)3)28(19(4)5)25(23)27-31(29,30)22-12-9-8-10-13-22/h8-10,12-19,23H,6-7,11H2,1-5H3/b26-24?,27-25+. The second-order valence-corrected chi connectivity index (χ2v) is 10.2. The van der Waals surface area contributed by atoms with Crippen LogP contribution in [-0.4, -0.2) is 37.1 Å². The van der Waals surface area contributed by atoms with E-state index >= 15 is 0 Å². The summed E-state index contributed by atoms with van der Waals surface area (Å²) in [6.45, 7) is 10.3. The minimum absolute atomic E-state index is 0.0577. The van der Waals surface area contributed by atoms with Gasteiger partial charge in [-0.1, -0.05) is 55.8 Å². The van der Waals surface area contributed by atoms with Crippen LogP contribution < -0.4 is 0 Å². The summed E-state index contributed by atoms with van der Waals surface area (Å²) in [5.41, 5.74) is 2.32. The molecule has 2 aromatic rings. The Morgan fingerprint density at radius 1 is 0.935 bits per heavy atom. The maximum atomic E-state index is 13.0. The van der Waals surface area contributed by atoms with Gasteiger partial charge in [-0.15, -0.1) is 4.40 Å². The van der Waals surface area contributed by atoms with E-state index in [1.165, 1.54) is 5.56 Å². The van der Waals surface area contributed by atoms with E-state index in [4.69, 9.17) is 4.99 Å². The van der Waals surface area contributed by atoms with Crippen LogP contribution in [0.15, 0.2) is 68.9 Å². The van der Waals surface area contributed by atoms with E-state index in [0.717, 1.165) is 30.7 Å². The third-order valence-corrected chi connectivity index (χ3v) is 6.60. The lowest BCUT2D eigenvalue weighted by atomic mass is 9.86. The topological polar surface area (TPSA) is 62.1 Å². The van der Waals surface area contributed by atoms with E-state index in [-0.39, 0.29) is 22.9 Å². The molecular weight excluding hydrogens is 406 g/mol. The normalized spacial score (nSPS) is 19.5. The first-order chi connectivity index (χ1) is 14.7. The highest BCUT2D eigenvalue weighted by atomic mass is 32.2. The van der Waals surface area contributed by atoms with Gasteiger partial charge in [0.15, 0.2) is 0 Å². The van der Waals surface area contributed by atoms with Gasteiger partial charge in [0.1, 0.15) is 17.6 Å². The summed E-state index contributed by atoms with van der Waals surface area (Å²) in [7, 11) is -3.81. The number of hydrogen-bond acceptors (Lipinski definition) is 3. The van der Waals surface area contributed by atoms with Gasteiger partial charge in [0, 0.05) is 12.1 Å². The fraction of sp³-hybridized carbons (Fsp3) is 0.440. The van der Waals surface area contributed by atoms with E-state index in [1.54, 1.807) is 30.3 Å². The lowest BCUT2D eigenvalue weighted by Gasteiger charge is -2.46. The fourth-order valence-electron chi connectivity index (χ4n) is 3.80. The van der Waals surface area contributed by atoms with E-state index in [2.05, 4.69) is 35.6 Å². The van der Waals surface area contributed by atoms with Gasteiger partial charge < -0.3 is 4.90 Å². The zero-order valence-corrected chi connectivity index (χ0v) is 19.9. The number of sulfonamides is 1. The average Bonchev–Trinajstić information content (AvgIpc) is 2.72. The van der Waals surface area contributed by atoms with Gasteiger partial charge in [-0.25, -0.2) is 0 Å². The number of hydrogen-bond donors (Lipinski definition) is 0. The molecule has 5 nitrogen and oxygen atoms in total. The maximum Gasteiger partial charge on any atom is 0.283 e. The Kier molecular flexibility index (Phi) is 7.31. The Bertz CT molecular complexity index is 1040. The summed E-state index contributed by atoms with van der Waals surface area (Å²) in [6.07, 6.45) is 3.37. The third kappa shape index (κ3) is 5.24. The van der Waals surface area contributed by atoms with Crippen LogP contribution in [0.4, 0.5) is 0 Å². The zero-order chi connectivity index (χ0) is 22.6. The molecule has 1 heterocycles. The Hall–Kier alpha value is -2.47. The first kappa shape index (κ1) is 23.2. The van der Waals surface area contributed by atoms with Crippen molar-refractivity contribution in [3.05, 3.63) is 65.7 Å². The second-order valence-electron chi connectivity index (χ2n) is 8.56. The first-order valence-corrected chi connectivity index (χ1v) is 12.5. The molecule has 0 radical (unpaired) electrons. The number of aryl methyl sites for hydroxylation is 1. The molecule has 0 amide bonds. The van der Waals surface area contributed by atoms with Crippen LogP contribution in [0.1, 0.15) is 64.5 Å². The Balaban J connectivity index is 2.06. The van der Waals surface area contributed by atoms with Crippen LogP contribution in [0.3, 0.4) is 0 Å². The lowest BCUT2D eigenvalue weighted by Crippen LogP contribution is -2.59. The van der Waals surface area contributed by atoms with E-state index in [0.29, 0.717) is 5.84 Å². The van der Waals surface area contributed by atoms with E-state index < -0.39 is 10.0 Å². The van der Waals surface area contributed by atoms with Gasteiger partial charge in [0.05, 0.1) is 4.90 Å². The summed E-state index contributed by atoms with van der Waals surface area (Å²) < 4.78 is 30.4. The molecule has 1 aliphatic heterocycles. The number of unbranched alkanes of at least 4 members (excludes halogenated alkanes) is 1. The van der Waals surface area contributed by atoms with Crippen molar-refractivity contribution < 1.29 is 8.42 Å². The third-order valence-electron chi connectivity index (χ3n) is 5.30. The van der Waals surface area contributed by atoms with Crippen molar-refractivity contribution in [2.24, 2.45) is 9.39 Å². The molecule has 0 saturated carbocycles. The minimum atomic E-state index is -3.81. The van der Waals surface area contributed by atoms with Crippen LogP contribution in [-0.2, 0) is 16.4 Å². The first-order valence-electron chi connectivity index (χ1n) is 11.1. The number of nitrogens with zero attached hydrogens (tertiary/aromatic N) is 3. The average molecular weight is 440 g/mol. The highest BCUT2D eigenvalue weighted by Gasteiger charge is 2.45. The molecule has 166 valence electrons. The summed E-state index contributed by atoms with van der Waals surface area (Å²) in [5, 5.41) is 0. The molecule has 1 atom stereocenters. The summed E-state index contributed by atoms with van der Waals surface area (Å²) in [6, 6.07) is 17.0. The summed E-state index contributed by atoms with van der Waals surface area (Å²) in [5.74, 6) is 1.18. The molecular formula is C25H33N3O2S. The van der Waals surface area contributed by atoms with Crippen molar-refractivity contribution in [2.75, 3.05) is 0 Å². The molecule has 1 fully saturated rings. The quantitative estimate of drug-likeness (QED) is 0.551. The van der Waals surface area contributed by atoms with Crippen molar-refractivity contribution in [3.63, 3.8) is 0 Å². The summed E-state index contributed by atoms with van der Waals surface area (Å²) >= 11 is 0. The molecule has 3 rings (SSSR count). The van der Waals surface area contributed by atoms with Crippen LogP contribution in [0, 0.1) is 0 Å². The van der Waals surface area contributed by atoms with Gasteiger partial charge >= 0.3 is 0 Å². The van der Waals surface area contributed by atoms with Crippen LogP contribution in [0.2, 0.25) is 0 Å². The van der Waals surface area contributed by atoms with Gasteiger partial charge in [-0.05, 0) is 63.8 Å². The van der Waals surface area contributed by atoms with Gasteiger partial charge in [0.2, 0.25) is 0 Å². The lowest BCUT2D eigenvalue weighted by molar-refractivity contribution is 0.438. The molecule has 0 N–H and O–H groups in total. The SMILES string of the molecule is CCCCc1ccc(C2C(=NC(C)C)N(C(C)C)/C2=N/S(=O)(=O)c2ccccc2)cc1. The predicted octanol–water partition coefficient (Wildman–Crippen LogP) is 5.43. The minimum Gasteiger partial charge on any atom is -0.313 e. The fourth-order valence-corrected chi connectivity index (χ4v) is 4.84. The molecule has 6 heteroatoms. The van der Waals surface area contributed by atoms with E-state index in [1.807, 2.05) is 32.6 Å². The molecule has 0 aliphatic carbocycles. The Morgan fingerprint density at radius 3 is 2.13 bits per heavy atom. The number of likely N-dealkylation sites (tertiary alicyclic amines) is 1. The molecule has 0 spiro atoms. The molecule has 31 heavy (non-hydrogen) atoms. The molecule has 1 unspecified atom stereocenters. The van der Waals surface area contributed by atoms with Gasteiger partial charge in [0.25, 0.3) is 10.0 Å². The number of benzene rings is 2. The molecule has 1 saturated heterocycles. The smallest absolute Gasteiger partial charge is 0.283 e. The second kappa shape index (κ2) is 9.77. The van der Waals surface area contributed by atoms with Crippen LogP contribution in [0.25, 0.3) is 0 Å². The predicted molar refractivity (Wildman–Crippen MR) is 128 cm³/mol. The molecule has 1 aliphatic rings. The largest absolute Gasteiger partial charge is 0.313 e. The van der Waals surface area contributed by atoms with Crippen molar-refractivity contribution in [1.82, 2.24) is 4.90 Å². The van der Waals surface area contributed by atoms with Gasteiger partial charge in [-0.2, -0.15) is 8.42 Å². The van der Waals surface area contributed by atoms with Crippen molar-refractivity contribution in [1.29, 1.82) is 0 Å². The monoisotopic (exact) mass is 439 g/mol. The molecule has 0 aromatic heterocycles. The highest BCUT2D eigenvalue weighted by Crippen LogP contribution is 2.36. The number of rotatable bonds is 8. The van der Waals surface area contributed by atoms with Crippen molar-refractivity contribution >= 4 is 21.7 Å². The maximum absolute atomic E-state index is 13.0. The van der Waals surface area contributed by atoms with Crippen molar-refractivity contribution in [3.8, 4) is 0 Å². The van der Waals surface area contributed by atoms with Gasteiger partial charge in [-0.3, -0.25) is 4.99 Å². The Morgan fingerprint density at radius 2 is 1.58 bits per heavy atom. The van der Waals surface area contributed by atoms with Crippen LogP contribution in [0.5, 0.6) is 0 Å². The highest BCUT2D eigenvalue weighted by molar-refractivity contribution is 7.90. The van der Waals surface area contributed by atoms with Crippen LogP contribution >= 0.6 is 0 Å². The molecule has 0 bridgehead atoms. The zero-order valence-electron chi connectivity index (χ0n) is 19.1. The molecule has 2 aromatic carbocycles. The van der Waals surface area contributed by atoms with Crippen molar-refractivity contribution in [2.45, 2.75) is 76.8 Å². The number of aliphatic imine (C=N–C) groups is 1. The summed E-state index contributed by atoms with van der Waals surface area (Å²) in [4.78, 5) is 6.99. The van der Waals surface area contributed by atoms with E-state index in [9.17, 15) is 8.42 Å².